The summed E-state index contributed by atoms with van der Waals surface area (Å²) in [6.45, 7) is 4.71. The van der Waals surface area contributed by atoms with Crippen molar-refractivity contribution in [3.63, 3.8) is 0 Å². The van der Waals surface area contributed by atoms with Crippen molar-refractivity contribution in [2.24, 2.45) is 0 Å². The van der Waals surface area contributed by atoms with Crippen LogP contribution in [0.5, 0.6) is 0 Å². The average Bonchev–Trinajstić information content (AvgIpc) is 3.23. The van der Waals surface area contributed by atoms with Gasteiger partial charge in [0.05, 0.1) is 34.4 Å². The van der Waals surface area contributed by atoms with E-state index in [1.165, 1.54) is 128 Å². The normalized spacial score (nSPS) is 13.2. The Morgan fingerprint density at radius 3 is 1.31 bits per heavy atom. The molecule has 1 N–H and O–H groups in total. The molecule has 8 nitrogen and oxygen atoms in total. The van der Waals surface area contributed by atoms with Crippen LogP contribution in [0.3, 0.4) is 0 Å². The highest BCUT2D eigenvalue weighted by Gasteiger charge is 2.31. The highest BCUT2D eigenvalue weighted by Crippen LogP contribution is 2.15. The van der Waals surface area contributed by atoms with Crippen molar-refractivity contribution >= 4 is 17.9 Å². The number of rotatable bonds is 46. The number of esters is 2. The Bertz CT molecular complexity index is 1150. The van der Waals surface area contributed by atoms with E-state index in [2.05, 4.69) is 62.5 Å². The van der Waals surface area contributed by atoms with Gasteiger partial charge in [0.2, 0.25) is 0 Å². The quantitative estimate of drug-likeness (QED) is 0.0281. The van der Waals surface area contributed by atoms with E-state index in [9.17, 15) is 19.5 Å². The lowest BCUT2D eigenvalue weighted by Crippen LogP contribution is -2.50. The Kier molecular flexibility index (Phi) is 42.9. The number of aliphatic carboxylic acids is 1. The first-order valence-electron chi connectivity index (χ1n) is 25.7. The van der Waals surface area contributed by atoms with E-state index in [1.54, 1.807) is 0 Å². The van der Waals surface area contributed by atoms with E-state index in [1.807, 2.05) is 21.1 Å². The SMILES string of the molecule is CCCCC/C=C/C/C=C/C/C=C/CCCCCCCCCCCC(=O)OCC(COCCC(C(=O)O)[N+](C)(C)C)OC(=O)CCCCCCC/C=C/CCCCCCCCC. The molecule has 2 atom stereocenters. The Labute approximate surface area is 382 Å². The van der Waals surface area contributed by atoms with E-state index in [4.69, 9.17) is 14.2 Å². The largest absolute Gasteiger partial charge is 0.477 e. The minimum absolute atomic E-state index is 0.0564. The summed E-state index contributed by atoms with van der Waals surface area (Å²) >= 11 is 0. The molecule has 0 aromatic rings. The molecule has 8 heteroatoms. The van der Waals surface area contributed by atoms with E-state index in [0.717, 1.165) is 64.2 Å². The van der Waals surface area contributed by atoms with Gasteiger partial charge in [-0.2, -0.15) is 0 Å². The fourth-order valence-electron chi connectivity index (χ4n) is 7.45. The molecule has 0 rings (SSSR count). The third kappa shape index (κ3) is 42.6. The molecule has 0 bridgehead atoms. The maximum atomic E-state index is 12.8. The second-order valence-electron chi connectivity index (χ2n) is 18.4. The van der Waals surface area contributed by atoms with Crippen LogP contribution in [0, 0.1) is 0 Å². The van der Waals surface area contributed by atoms with Crippen LogP contribution < -0.4 is 0 Å². The fraction of sp³-hybridized carbons (Fsp3) is 0.796. The van der Waals surface area contributed by atoms with Crippen molar-refractivity contribution in [3.8, 4) is 0 Å². The molecular formula is C54H98NO7+. The van der Waals surface area contributed by atoms with Crippen molar-refractivity contribution in [2.45, 2.75) is 238 Å². The van der Waals surface area contributed by atoms with E-state index in [0.29, 0.717) is 19.3 Å². The number of carbonyl (C=O) groups is 3. The van der Waals surface area contributed by atoms with Crippen molar-refractivity contribution in [3.05, 3.63) is 48.6 Å². The number of carboxylic acids is 1. The maximum Gasteiger partial charge on any atom is 0.362 e. The van der Waals surface area contributed by atoms with E-state index < -0.39 is 18.1 Å². The molecular weight excluding hydrogens is 775 g/mol. The smallest absolute Gasteiger partial charge is 0.362 e. The van der Waals surface area contributed by atoms with E-state index in [-0.39, 0.29) is 36.2 Å². The summed E-state index contributed by atoms with van der Waals surface area (Å²) in [6.07, 6.45) is 54.4. The van der Waals surface area contributed by atoms with Crippen molar-refractivity contribution in [1.82, 2.24) is 0 Å². The monoisotopic (exact) mass is 873 g/mol. The lowest BCUT2D eigenvalue weighted by molar-refractivity contribution is -0.887. The predicted molar refractivity (Wildman–Crippen MR) is 261 cm³/mol. The van der Waals surface area contributed by atoms with Crippen LogP contribution in [0.25, 0.3) is 0 Å². The number of hydrogen-bond acceptors (Lipinski definition) is 6. The zero-order chi connectivity index (χ0) is 45.6. The van der Waals surface area contributed by atoms with Crippen LogP contribution in [0.15, 0.2) is 48.6 Å². The summed E-state index contributed by atoms with van der Waals surface area (Å²) in [5.41, 5.74) is 0. The van der Waals surface area contributed by atoms with Crippen LogP contribution in [0.2, 0.25) is 0 Å². The Balaban J connectivity index is 4.25. The van der Waals surface area contributed by atoms with Crippen molar-refractivity contribution < 1.29 is 38.2 Å². The topological polar surface area (TPSA) is 99.1 Å². The van der Waals surface area contributed by atoms with Gasteiger partial charge in [0.25, 0.3) is 0 Å². The number of likely N-dealkylation sites (N-methyl/N-ethyl adjacent to an activating group) is 1. The van der Waals surface area contributed by atoms with Gasteiger partial charge in [-0.3, -0.25) is 9.59 Å². The Hall–Kier alpha value is -2.71. The maximum absolute atomic E-state index is 12.8. The summed E-state index contributed by atoms with van der Waals surface area (Å²) < 4.78 is 17.3. The Morgan fingerprint density at radius 1 is 0.484 bits per heavy atom. The zero-order valence-corrected chi connectivity index (χ0v) is 41.1. The molecule has 0 saturated heterocycles. The van der Waals surface area contributed by atoms with Gasteiger partial charge < -0.3 is 23.8 Å². The highest BCUT2D eigenvalue weighted by molar-refractivity contribution is 5.72. The molecule has 0 amide bonds. The molecule has 0 aromatic carbocycles. The molecule has 0 fully saturated rings. The summed E-state index contributed by atoms with van der Waals surface area (Å²) in [4.78, 5) is 37.1. The number of unbranched alkanes of at least 4 members (excludes halogenated alkanes) is 24. The lowest BCUT2D eigenvalue weighted by Gasteiger charge is -2.31. The van der Waals surface area contributed by atoms with Gasteiger partial charge in [0.1, 0.15) is 6.61 Å². The summed E-state index contributed by atoms with van der Waals surface area (Å²) in [5, 5.41) is 9.65. The van der Waals surface area contributed by atoms with Gasteiger partial charge in [-0.25, -0.2) is 4.79 Å². The van der Waals surface area contributed by atoms with Gasteiger partial charge >= 0.3 is 17.9 Å². The van der Waals surface area contributed by atoms with Gasteiger partial charge in [0, 0.05) is 19.3 Å². The van der Waals surface area contributed by atoms with Gasteiger partial charge in [-0.1, -0.05) is 178 Å². The third-order valence-electron chi connectivity index (χ3n) is 11.5. The second kappa shape index (κ2) is 44.9. The van der Waals surface area contributed by atoms with Crippen LogP contribution in [0.4, 0.5) is 0 Å². The first kappa shape index (κ1) is 59.3. The number of hydrogen-bond donors (Lipinski definition) is 1. The molecule has 0 aliphatic rings. The number of quaternary nitrogens is 1. The zero-order valence-electron chi connectivity index (χ0n) is 41.1. The number of ether oxygens (including phenoxy) is 3. The molecule has 0 radical (unpaired) electrons. The average molecular weight is 873 g/mol. The number of carboxylic acid groups (broad SMARTS) is 1. The summed E-state index contributed by atoms with van der Waals surface area (Å²) in [5.74, 6) is -1.48. The van der Waals surface area contributed by atoms with Crippen LogP contribution in [-0.4, -0.2) is 80.6 Å². The van der Waals surface area contributed by atoms with Gasteiger partial charge in [0.15, 0.2) is 12.1 Å². The molecule has 2 unspecified atom stereocenters. The lowest BCUT2D eigenvalue weighted by atomic mass is 10.1. The Morgan fingerprint density at radius 2 is 0.855 bits per heavy atom. The number of carbonyl (C=O) groups excluding carboxylic acids is 2. The standard InChI is InChI=1S/C54H97NO7/c1-6-8-10-12-14-16-18-20-22-24-25-26-27-28-29-31-32-34-36-38-40-42-44-52(56)61-49-50(48-60-47-46-51(54(58)59)55(3,4)5)62-53(57)45-43-41-39-37-35-33-30-23-21-19-17-15-13-11-9-7-2/h14,16,20,22-23,25-26,30,50-51H,6-13,15,17-19,21,24,27-29,31-49H2,1-5H3/p+1/b16-14+,22-20+,26-25+,30-23+. The molecule has 0 aromatic heterocycles. The molecule has 0 heterocycles. The molecule has 360 valence electrons. The highest BCUT2D eigenvalue weighted by atomic mass is 16.6. The minimum atomic E-state index is -0.876. The van der Waals surface area contributed by atoms with Gasteiger partial charge in [-0.05, 0) is 77.0 Å². The first-order chi connectivity index (χ1) is 30.1. The van der Waals surface area contributed by atoms with Crippen LogP contribution >= 0.6 is 0 Å². The fourth-order valence-corrected chi connectivity index (χ4v) is 7.45. The summed E-state index contributed by atoms with van der Waals surface area (Å²) in [6, 6.07) is -0.618. The molecule has 62 heavy (non-hydrogen) atoms. The molecule has 0 spiro atoms. The molecule has 0 aliphatic heterocycles. The second-order valence-corrected chi connectivity index (χ2v) is 18.4. The van der Waals surface area contributed by atoms with Crippen LogP contribution in [0.1, 0.15) is 226 Å². The summed E-state index contributed by atoms with van der Waals surface area (Å²) in [7, 11) is 5.53. The number of nitrogens with zero attached hydrogens (tertiary/aromatic N) is 1. The molecule has 0 saturated carbocycles. The minimum Gasteiger partial charge on any atom is -0.477 e. The van der Waals surface area contributed by atoms with Crippen molar-refractivity contribution in [1.29, 1.82) is 0 Å². The predicted octanol–water partition coefficient (Wildman–Crippen LogP) is 14.8. The van der Waals surface area contributed by atoms with Crippen LogP contribution in [-0.2, 0) is 28.6 Å². The van der Waals surface area contributed by atoms with Crippen molar-refractivity contribution in [2.75, 3.05) is 41.0 Å². The first-order valence-corrected chi connectivity index (χ1v) is 25.7. The molecule has 0 aliphatic carbocycles. The van der Waals surface area contributed by atoms with Gasteiger partial charge in [-0.15, -0.1) is 0 Å². The third-order valence-corrected chi connectivity index (χ3v) is 11.5. The van der Waals surface area contributed by atoms with E-state index >= 15 is 0 Å². The number of allylic oxidation sites excluding steroid dienone is 8.